The highest BCUT2D eigenvalue weighted by Crippen LogP contribution is 2.40. The van der Waals surface area contributed by atoms with Crippen molar-refractivity contribution in [3.63, 3.8) is 0 Å². The summed E-state index contributed by atoms with van der Waals surface area (Å²) >= 11 is 0. The zero-order valence-corrected chi connectivity index (χ0v) is 8.94. The van der Waals surface area contributed by atoms with E-state index < -0.39 is 0 Å². The Morgan fingerprint density at radius 3 is 2.50 bits per heavy atom. The summed E-state index contributed by atoms with van der Waals surface area (Å²) in [6.07, 6.45) is 6.05. The normalized spacial score (nSPS) is 24.1. The van der Waals surface area contributed by atoms with Gasteiger partial charge in [0, 0.05) is 24.4 Å². The van der Waals surface area contributed by atoms with Crippen LogP contribution in [0.1, 0.15) is 32.1 Å². The molecule has 2 aliphatic rings. The summed E-state index contributed by atoms with van der Waals surface area (Å²) in [4.78, 5) is 11.5. The molecule has 0 atom stereocenters. The molecule has 0 saturated heterocycles. The van der Waals surface area contributed by atoms with Crippen LogP contribution in [0.3, 0.4) is 0 Å². The molecule has 14 heavy (non-hydrogen) atoms. The third-order valence-electron chi connectivity index (χ3n) is 3.55. The van der Waals surface area contributed by atoms with E-state index in [4.69, 9.17) is 0 Å². The Balaban J connectivity index is 1.74. The molecule has 3 heteroatoms. The molecule has 3 nitrogen and oxygen atoms in total. The quantitative estimate of drug-likeness (QED) is 0.686. The van der Waals surface area contributed by atoms with Crippen LogP contribution in [-0.4, -0.2) is 26.0 Å². The van der Waals surface area contributed by atoms with E-state index in [1.165, 1.54) is 19.3 Å². The molecular formula is C11H20N2O. The van der Waals surface area contributed by atoms with Gasteiger partial charge in [0.25, 0.3) is 0 Å². The molecule has 80 valence electrons. The van der Waals surface area contributed by atoms with Gasteiger partial charge < -0.3 is 10.6 Å². The maximum absolute atomic E-state index is 11.5. The number of nitrogens with one attached hydrogen (secondary N) is 2. The van der Waals surface area contributed by atoms with Crippen LogP contribution in [0.5, 0.6) is 0 Å². The number of carbonyl (C=O) groups excluding carboxylic acids is 1. The predicted octanol–water partition coefficient (Wildman–Crippen LogP) is 0.902. The van der Waals surface area contributed by atoms with Gasteiger partial charge in [-0.15, -0.1) is 0 Å². The minimum Gasteiger partial charge on any atom is -0.355 e. The van der Waals surface area contributed by atoms with Gasteiger partial charge in [0.15, 0.2) is 0 Å². The van der Waals surface area contributed by atoms with Gasteiger partial charge in [-0.25, -0.2) is 0 Å². The Kier molecular flexibility index (Phi) is 2.77. The van der Waals surface area contributed by atoms with Gasteiger partial charge in [0.05, 0.1) is 0 Å². The Hall–Kier alpha value is -0.570. The fraction of sp³-hybridized carbons (Fsp3) is 0.909. The van der Waals surface area contributed by atoms with Crippen LogP contribution >= 0.6 is 0 Å². The molecule has 0 bridgehead atoms. The van der Waals surface area contributed by atoms with E-state index in [1.54, 1.807) is 0 Å². The number of hydrogen-bond donors (Lipinski definition) is 2. The van der Waals surface area contributed by atoms with E-state index >= 15 is 0 Å². The molecule has 0 spiro atoms. The van der Waals surface area contributed by atoms with E-state index in [0.29, 0.717) is 11.3 Å². The first kappa shape index (κ1) is 9.97. The molecule has 2 N–H and O–H groups in total. The first-order chi connectivity index (χ1) is 6.76. The van der Waals surface area contributed by atoms with E-state index in [0.717, 1.165) is 25.9 Å². The Morgan fingerprint density at radius 1 is 1.36 bits per heavy atom. The van der Waals surface area contributed by atoms with Gasteiger partial charge in [-0.1, -0.05) is 6.42 Å². The van der Waals surface area contributed by atoms with Gasteiger partial charge >= 0.3 is 0 Å². The van der Waals surface area contributed by atoms with Crippen LogP contribution < -0.4 is 10.6 Å². The molecule has 0 unspecified atom stereocenters. The SMILES string of the molecule is CNCC1(CNC(=O)C2CC2)CCC1. The van der Waals surface area contributed by atoms with Crippen molar-refractivity contribution in [1.29, 1.82) is 0 Å². The lowest BCUT2D eigenvalue weighted by atomic mass is 9.68. The topological polar surface area (TPSA) is 41.1 Å². The van der Waals surface area contributed by atoms with Crippen LogP contribution in [0.25, 0.3) is 0 Å². The van der Waals surface area contributed by atoms with Crippen LogP contribution in [-0.2, 0) is 4.79 Å². The molecule has 0 aromatic heterocycles. The third-order valence-corrected chi connectivity index (χ3v) is 3.55. The average Bonchev–Trinajstić information content (AvgIpc) is 2.91. The molecule has 2 fully saturated rings. The maximum atomic E-state index is 11.5. The van der Waals surface area contributed by atoms with Gasteiger partial charge in [-0.3, -0.25) is 4.79 Å². The highest BCUT2D eigenvalue weighted by molar-refractivity contribution is 5.80. The summed E-state index contributed by atoms with van der Waals surface area (Å²) in [5, 5.41) is 6.32. The second kappa shape index (κ2) is 3.89. The maximum Gasteiger partial charge on any atom is 0.223 e. The van der Waals surface area contributed by atoms with Crippen LogP contribution in [0.15, 0.2) is 0 Å². The molecule has 0 aromatic carbocycles. The zero-order chi connectivity index (χ0) is 10.0. The van der Waals surface area contributed by atoms with Crippen molar-refractivity contribution in [2.45, 2.75) is 32.1 Å². The second-order valence-electron chi connectivity index (χ2n) is 4.88. The van der Waals surface area contributed by atoms with Crippen molar-refractivity contribution >= 4 is 5.91 Å². The van der Waals surface area contributed by atoms with Crippen molar-refractivity contribution in [2.24, 2.45) is 11.3 Å². The number of carbonyl (C=O) groups is 1. The fourth-order valence-corrected chi connectivity index (χ4v) is 2.23. The predicted molar refractivity (Wildman–Crippen MR) is 55.9 cm³/mol. The molecule has 0 heterocycles. The van der Waals surface area contributed by atoms with Gasteiger partial charge in [0.1, 0.15) is 0 Å². The monoisotopic (exact) mass is 196 g/mol. The van der Waals surface area contributed by atoms with Gasteiger partial charge in [-0.05, 0) is 32.7 Å². The number of hydrogen-bond acceptors (Lipinski definition) is 2. The van der Waals surface area contributed by atoms with E-state index in [9.17, 15) is 4.79 Å². The smallest absolute Gasteiger partial charge is 0.223 e. The molecular weight excluding hydrogens is 176 g/mol. The Labute approximate surface area is 85.6 Å². The van der Waals surface area contributed by atoms with Crippen molar-refractivity contribution < 1.29 is 4.79 Å². The molecule has 0 radical (unpaired) electrons. The molecule has 2 saturated carbocycles. The summed E-state index contributed by atoms with van der Waals surface area (Å²) < 4.78 is 0. The fourth-order valence-electron chi connectivity index (χ4n) is 2.23. The molecule has 1 amide bonds. The average molecular weight is 196 g/mol. The minimum atomic E-state index is 0.285. The van der Waals surface area contributed by atoms with Crippen LogP contribution in [0.2, 0.25) is 0 Å². The summed E-state index contributed by atoms with van der Waals surface area (Å²) in [5.41, 5.74) is 0.374. The largest absolute Gasteiger partial charge is 0.355 e. The molecule has 2 rings (SSSR count). The van der Waals surface area contributed by atoms with Crippen molar-refractivity contribution in [2.75, 3.05) is 20.1 Å². The van der Waals surface area contributed by atoms with Crippen LogP contribution in [0.4, 0.5) is 0 Å². The summed E-state index contributed by atoms with van der Waals surface area (Å²) in [7, 11) is 1.99. The summed E-state index contributed by atoms with van der Waals surface area (Å²) in [5.74, 6) is 0.633. The standard InChI is InChI=1S/C11H20N2O/c1-12-7-11(5-2-6-11)8-13-10(14)9-3-4-9/h9,12H,2-8H2,1H3,(H,13,14). The van der Waals surface area contributed by atoms with Crippen LogP contribution in [0, 0.1) is 11.3 Å². The van der Waals surface area contributed by atoms with Gasteiger partial charge in [-0.2, -0.15) is 0 Å². The Bertz CT molecular complexity index is 219. The third kappa shape index (κ3) is 2.08. The summed E-state index contributed by atoms with van der Waals surface area (Å²) in [6.45, 7) is 1.92. The minimum absolute atomic E-state index is 0.285. The first-order valence-corrected chi connectivity index (χ1v) is 5.68. The van der Waals surface area contributed by atoms with Crippen molar-refractivity contribution in [3.8, 4) is 0 Å². The summed E-state index contributed by atoms with van der Waals surface area (Å²) in [6, 6.07) is 0. The molecule has 0 aromatic rings. The lowest BCUT2D eigenvalue weighted by Gasteiger charge is -2.42. The number of amides is 1. The highest BCUT2D eigenvalue weighted by Gasteiger charge is 2.38. The van der Waals surface area contributed by atoms with E-state index in [1.807, 2.05) is 7.05 Å². The van der Waals surface area contributed by atoms with Gasteiger partial charge in [0.2, 0.25) is 5.91 Å². The van der Waals surface area contributed by atoms with E-state index in [-0.39, 0.29) is 5.91 Å². The lowest BCUT2D eigenvalue weighted by Crippen LogP contribution is -2.47. The second-order valence-corrected chi connectivity index (χ2v) is 4.88. The lowest BCUT2D eigenvalue weighted by molar-refractivity contribution is -0.123. The Morgan fingerprint density at radius 2 is 2.07 bits per heavy atom. The highest BCUT2D eigenvalue weighted by atomic mass is 16.2. The zero-order valence-electron chi connectivity index (χ0n) is 8.94. The molecule has 0 aliphatic heterocycles. The first-order valence-electron chi connectivity index (χ1n) is 5.68. The van der Waals surface area contributed by atoms with Crippen molar-refractivity contribution in [1.82, 2.24) is 10.6 Å². The number of rotatable bonds is 5. The van der Waals surface area contributed by atoms with E-state index in [2.05, 4.69) is 10.6 Å². The molecule has 2 aliphatic carbocycles. The van der Waals surface area contributed by atoms with Crippen molar-refractivity contribution in [3.05, 3.63) is 0 Å².